The van der Waals surface area contributed by atoms with Crippen LogP contribution in [0.3, 0.4) is 0 Å². The second-order valence-corrected chi connectivity index (χ2v) is 6.98. The minimum absolute atomic E-state index is 0.646. The van der Waals surface area contributed by atoms with Crippen LogP contribution in [0, 0.1) is 17.3 Å². The van der Waals surface area contributed by atoms with Gasteiger partial charge in [0.05, 0.1) is 0 Å². The lowest BCUT2D eigenvalue weighted by atomic mass is 9.89. The Morgan fingerprint density at radius 2 is 2.00 bits per heavy atom. The molecule has 0 aromatic carbocycles. The number of piperidine rings is 1. The van der Waals surface area contributed by atoms with E-state index < -0.39 is 0 Å². The molecule has 0 spiro atoms. The summed E-state index contributed by atoms with van der Waals surface area (Å²) in [5.74, 6) is 1.71. The number of nitrogens with one attached hydrogen (secondary N) is 1. The summed E-state index contributed by atoms with van der Waals surface area (Å²) in [6.45, 7) is 14.6. The van der Waals surface area contributed by atoms with Crippen molar-refractivity contribution >= 4 is 0 Å². The van der Waals surface area contributed by atoms with Gasteiger partial charge in [-0.2, -0.15) is 0 Å². The second kappa shape index (κ2) is 5.92. The average Bonchev–Trinajstić information content (AvgIpc) is 3.17. The predicted octanol–water partition coefficient (Wildman–Crippen LogP) is 3.13. The van der Waals surface area contributed by atoms with Gasteiger partial charge in [-0.15, -0.1) is 0 Å². The number of nitrogens with zero attached hydrogens (tertiary/aromatic N) is 1. The van der Waals surface area contributed by atoms with Gasteiger partial charge in [-0.3, -0.25) is 0 Å². The molecule has 1 saturated heterocycles. The van der Waals surface area contributed by atoms with Gasteiger partial charge < -0.3 is 10.2 Å². The molecule has 2 unspecified atom stereocenters. The smallest absolute Gasteiger partial charge is 0.00794 e. The van der Waals surface area contributed by atoms with Crippen molar-refractivity contribution < 1.29 is 0 Å². The van der Waals surface area contributed by atoms with E-state index in [4.69, 9.17) is 0 Å². The molecule has 2 heteroatoms. The van der Waals surface area contributed by atoms with E-state index in [1.54, 1.807) is 0 Å². The summed E-state index contributed by atoms with van der Waals surface area (Å²) in [6, 6.07) is 0.690. The molecule has 1 heterocycles. The molecule has 2 atom stereocenters. The summed E-state index contributed by atoms with van der Waals surface area (Å²) >= 11 is 0. The molecule has 18 heavy (non-hydrogen) atoms. The summed E-state index contributed by atoms with van der Waals surface area (Å²) in [7, 11) is 0. The molecule has 0 aromatic rings. The molecule has 0 bridgehead atoms. The molecule has 2 fully saturated rings. The van der Waals surface area contributed by atoms with Crippen LogP contribution in [-0.2, 0) is 0 Å². The lowest BCUT2D eigenvalue weighted by Crippen LogP contribution is -2.46. The molecule has 1 aliphatic heterocycles. The Labute approximate surface area is 114 Å². The topological polar surface area (TPSA) is 15.3 Å². The molecule has 1 saturated carbocycles. The van der Waals surface area contributed by atoms with Crippen LogP contribution in [-0.4, -0.2) is 37.1 Å². The quantitative estimate of drug-likeness (QED) is 0.781. The Bertz CT molecular complexity index is 258. The molecular formula is C16H32N2. The van der Waals surface area contributed by atoms with Crippen LogP contribution in [0.2, 0.25) is 0 Å². The molecular weight excluding hydrogens is 220 g/mol. The van der Waals surface area contributed by atoms with E-state index in [1.807, 2.05) is 0 Å². The Kier molecular flexibility index (Phi) is 4.71. The molecule has 1 aliphatic carbocycles. The van der Waals surface area contributed by atoms with E-state index in [-0.39, 0.29) is 0 Å². The minimum Gasteiger partial charge on any atom is -0.313 e. The normalized spacial score (nSPS) is 29.5. The summed E-state index contributed by atoms with van der Waals surface area (Å²) in [5, 5.41) is 3.85. The van der Waals surface area contributed by atoms with Crippen LogP contribution in [0.4, 0.5) is 0 Å². The summed E-state index contributed by atoms with van der Waals surface area (Å²) in [5.41, 5.74) is 0.646. The Balaban J connectivity index is 1.76. The van der Waals surface area contributed by atoms with E-state index >= 15 is 0 Å². The Hall–Kier alpha value is -0.0800. The summed E-state index contributed by atoms with van der Waals surface area (Å²) in [4.78, 5) is 2.61. The van der Waals surface area contributed by atoms with Crippen LogP contribution >= 0.6 is 0 Å². The van der Waals surface area contributed by atoms with Gasteiger partial charge in [0.1, 0.15) is 0 Å². The third-order valence-corrected chi connectivity index (χ3v) is 5.59. The highest BCUT2D eigenvalue weighted by Gasteiger charge is 2.45. The van der Waals surface area contributed by atoms with Crippen molar-refractivity contribution in [2.75, 3.05) is 26.2 Å². The summed E-state index contributed by atoms with van der Waals surface area (Å²) < 4.78 is 0. The van der Waals surface area contributed by atoms with Crippen molar-refractivity contribution in [1.29, 1.82) is 0 Å². The van der Waals surface area contributed by atoms with E-state index in [1.165, 1.54) is 51.9 Å². The second-order valence-electron chi connectivity index (χ2n) is 6.98. The number of rotatable bonds is 6. The fourth-order valence-corrected chi connectivity index (χ4v) is 3.44. The minimum atomic E-state index is 0.646. The lowest BCUT2D eigenvalue weighted by molar-refractivity contribution is 0.152. The number of hydrogen-bond acceptors (Lipinski definition) is 2. The fourth-order valence-electron chi connectivity index (χ4n) is 3.44. The van der Waals surface area contributed by atoms with Gasteiger partial charge in [-0.25, -0.2) is 0 Å². The SMILES string of the molecule is CCN1CCCC(C(C)NCC2(C(C)C)CC2)C1. The zero-order valence-electron chi connectivity index (χ0n) is 12.8. The lowest BCUT2D eigenvalue weighted by Gasteiger charge is -2.36. The molecule has 0 radical (unpaired) electrons. The van der Waals surface area contributed by atoms with E-state index in [0.717, 1.165) is 11.8 Å². The van der Waals surface area contributed by atoms with Gasteiger partial charge >= 0.3 is 0 Å². The monoisotopic (exact) mass is 252 g/mol. The first-order valence-electron chi connectivity index (χ1n) is 8.03. The third kappa shape index (κ3) is 3.27. The van der Waals surface area contributed by atoms with Crippen molar-refractivity contribution in [2.24, 2.45) is 17.3 Å². The van der Waals surface area contributed by atoms with Gasteiger partial charge in [0.2, 0.25) is 0 Å². The van der Waals surface area contributed by atoms with E-state index in [9.17, 15) is 0 Å². The zero-order chi connectivity index (χ0) is 13.2. The first-order valence-corrected chi connectivity index (χ1v) is 8.03. The van der Waals surface area contributed by atoms with Gasteiger partial charge in [0, 0.05) is 19.1 Å². The molecule has 106 valence electrons. The summed E-state index contributed by atoms with van der Waals surface area (Å²) in [6.07, 6.45) is 5.69. The van der Waals surface area contributed by atoms with Gasteiger partial charge in [0.15, 0.2) is 0 Å². The first kappa shape index (κ1) is 14.3. The highest BCUT2D eigenvalue weighted by atomic mass is 15.1. The van der Waals surface area contributed by atoms with E-state index in [2.05, 4.69) is 37.9 Å². The van der Waals surface area contributed by atoms with Crippen LogP contribution in [0.1, 0.15) is 53.4 Å². The van der Waals surface area contributed by atoms with Gasteiger partial charge in [0.25, 0.3) is 0 Å². The maximum Gasteiger partial charge on any atom is 0.00794 e. The highest BCUT2D eigenvalue weighted by Crippen LogP contribution is 2.51. The maximum atomic E-state index is 3.85. The van der Waals surface area contributed by atoms with Crippen LogP contribution in [0.5, 0.6) is 0 Å². The fraction of sp³-hybridized carbons (Fsp3) is 1.00. The van der Waals surface area contributed by atoms with Gasteiger partial charge in [-0.05, 0) is 62.9 Å². The molecule has 0 amide bonds. The van der Waals surface area contributed by atoms with Crippen LogP contribution < -0.4 is 5.32 Å². The Morgan fingerprint density at radius 1 is 1.28 bits per heavy atom. The number of hydrogen-bond donors (Lipinski definition) is 1. The highest BCUT2D eigenvalue weighted by molar-refractivity contribution is 4.98. The molecule has 1 N–H and O–H groups in total. The molecule has 2 aliphatic rings. The van der Waals surface area contributed by atoms with E-state index in [0.29, 0.717) is 11.5 Å². The first-order chi connectivity index (χ1) is 8.57. The average molecular weight is 252 g/mol. The van der Waals surface area contributed by atoms with Crippen LogP contribution in [0.15, 0.2) is 0 Å². The van der Waals surface area contributed by atoms with Crippen molar-refractivity contribution in [2.45, 2.75) is 59.4 Å². The molecule has 2 nitrogen and oxygen atoms in total. The predicted molar refractivity (Wildman–Crippen MR) is 78.8 cm³/mol. The van der Waals surface area contributed by atoms with Crippen molar-refractivity contribution in [1.82, 2.24) is 10.2 Å². The maximum absolute atomic E-state index is 3.85. The van der Waals surface area contributed by atoms with Gasteiger partial charge in [-0.1, -0.05) is 20.8 Å². The zero-order valence-corrected chi connectivity index (χ0v) is 12.8. The van der Waals surface area contributed by atoms with Crippen LogP contribution in [0.25, 0.3) is 0 Å². The van der Waals surface area contributed by atoms with Crippen molar-refractivity contribution in [3.05, 3.63) is 0 Å². The standard InChI is InChI=1S/C16H32N2/c1-5-18-10-6-7-15(11-18)14(4)17-12-16(8-9-16)13(2)3/h13-15,17H,5-12H2,1-4H3. The van der Waals surface area contributed by atoms with Crippen molar-refractivity contribution in [3.8, 4) is 0 Å². The van der Waals surface area contributed by atoms with Crippen molar-refractivity contribution in [3.63, 3.8) is 0 Å². The number of likely N-dealkylation sites (tertiary alicyclic amines) is 1. The third-order valence-electron chi connectivity index (χ3n) is 5.59. The Morgan fingerprint density at radius 3 is 2.56 bits per heavy atom. The molecule has 0 aromatic heterocycles. The largest absolute Gasteiger partial charge is 0.313 e. The molecule has 2 rings (SSSR count).